The Kier molecular flexibility index (Phi) is 4.33. The Balaban J connectivity index is 2.99. The molecule has 6 heteroatoms. The van der Waals surface area contributed by atoms with Crippen LogP contribution in [0.5, 0.6) is 0 Å². The first-order valence-electron chi connectivity index (χ1n) is 4.67. The molecule has 0 fully saturated rings. The summed E-state index contributed by atoms with van der Waals surface area (Å²) in [6.45, 7) is 1.66. The van der Waals surface area contributed by atoms with E-state index in [-0.39, 0.29) is 6.42 Å². The molecule has 16 heavy (non-hydrogen) atoms. The Morgan fingerprint density at radius 2 is 2.12 bits per heavy atom. The molecule has 0 bridgehead atoms. The Bertz CT molecular complexity index is 508. The number of para-hydroxylation sites is 1. The lowest BCUT2D eigenvalue weighted by atomic mass is 10.3. The van der Waals surface area contributed by atoms with Crippen LogP contribution in [0.3, 0.4) is 0 Å². The molecule has 1 rings (SSSR count). The number of anilines is 1. The SMILES string of the molecule is CCC(C#N)S(=O)(=O)Nc1ccccc1Br. The van der Waals surface area contributed by atoms with Crippen LogP contribution in [-0.2, 0) is 10.0 Å². The van der Waals surface area contributed by atoms with Gasteiger partial charge in [0.05, 0.1) is 11.8 Å². The third kappa shape index (κ3) is 2.97. The molecule has 1 N–H and O–H groups in total. The molecule has 1 aromatic rings. The van der Waals surface area contributed by atoms with Crippen LogP contribution in [-0.4, -0.2) is 13.7 Å². The molecular weight excluding hydrogens is 292 g/mol. The average Bonchev–Trinajstić information content (AvgIpc) is 2.22. The van der Waals surface area contributed by atoms with Gasteiger partial charge in [-0.15, -0.1) is 0 Å². The van der Waals surface area contributed by atoms with Crippen LogP contribution in [0.25, 0.3) is 0 Å². The van der Waals surface area contributed by atoms with Gasteiger partial charge in [0.1, 0.15) is 0 Å². The van der Waals surface area contributed by atoms with Gasteiger partial charge in [-0.3, -0.25) is 4.72 Å². The van der Waals surface area contributed by atoms with Crippen LogP contribution in [0.4, 0.5) is 5.69 Å². The predicted molar refractivity (Wildman–Crippen MR) is 66.4 cm³/mol. The van der Waals surface area contributed by atoms with Crippen molar-refractivity contribution >= 4 is 31.6 Å². The smallest absolute Gasteiger partial charge is 0.249 e. The molecule has 0 spiro atoms. The number of hydrogen-bond acceptors (Lipinski definition) is 3. The third-order valence-corrected chi connectivity index (χ3v) is 4.40. The summed E-state index contributed by atoms with van der Waals surface area (Å²) in [4.78, 5) is 0. The first kappa shape index (κ1) is 13.0. The highest BCUT2D eigenvalue weighted by atomic mass is 79.9. The van der Waals surface area contributed by atoms with Gasteiger partial charge in [0, 0.05) is 4.47 Å². The highest BCUT2D eigenvalue weighted by molar-refractivity contribution is 9.10. The van der Waals surface area contributed by atoms with Crippen molar-refractivity contribution in [1.29, 1.82) is 5.26 Å². The normalized spacial score (nSPS) is 12.8. The van der Waals surface area contributed by atoms with Crippen molar-refractivity contribution in [3.8, 4) is 6.07 Å². The van der Waals surface area contributed by atoms with E-state index in [4.69, 9.17) is 5.26 Å². The highest BCUT2D eigenvalue weighted by Crippen LogP contribution is 2.23. The number of rotatable bonds is 4. The van der Waals surface area contributed by atoms with Gasteiger partial charge in [0.25, 0.3) is 0 Å². The molecule has 0 radical (unpaired) electrons. The van der Waals surface area contributed by atoms with E-state index in [1.807, 2.05) is 0 Å². The fourth-order valence-electron chi connectivity index (χ4n) is 1.15. The summed E-state index contributed by atoms with van der Waals surface area (Å²) in [7, 11) is -3.64. The summed E-state index contributed by atoms with van der Waals surface area (Å²) in [5, 5.41) is 7.70. The van der Waals surface area contributed by atoms with Crippen molar-refractivity contribution in [2.45, 2.75) is 18.6 Å². The van der Waals surface area contributed by atoms with Crippen LogP contribution in [0, 0.1) is 11.3 Å². The van der Waals surface area contributed by atoms with Gasteiger partial charge in [0.15, 0.2) is 5.25 Å². The van der Waals surface area contributed by atoms with Crippen molar-refractivity contribution in [2.75, 3.05) is 4.72 Å². The molecule has 1 aromatic carbocycles. The number of benzene rings is 1. The van der Waals surface area contributed by atoms with Gasteiger partial charge >= 0.3 is 0 Å². The standard InChI is InChI=1S/C10H11BrN2O2S/c1-2-8(7-12)16(14,15)13-10-6-4-3-5-9(10)11/h3-6,8,13H,2H2,1H3. The van der Waals surface area contributed by atoms with Gasteiger partial charge in [-0.1, -0.05) is 19.1 Å². The first-order chi connectivity index (χ1) is 7.51. The maximum atomic E-state index is 11.8. The summed E-state index contributed by atoms with van der Waals surface area (Å²) in [5.41, 5.74) is 0.441. The molecule has 0 aliphatic heterocycles. The second kappa shape index (κ2) is 5.32. The molecule has 0 saturated heterocycles. The maximum Gasteiger partial charge on any atom is 0.249 e. The van der Waals surface area contributed by atoms with Crippen molar-refractivity contribution in [2.24, 2.45) is 0 Å². The fraction of sp³-hybridized carbons (Fsp3) is 0.300. The summed E-state index contributed by atoms with van der Waals surface area (Å²) in [5.74, 6) is 0. The Morgan fingerprint density at radius 3 is 2.62 bits per heavy atom. The largest absolute Gasteiger partial charge is 0.281 e. The first-order valence-corrected chi connectivity index (χ1v) is 7.01. The topological polar surface area (TPSA) is 70.0 Å². The molecule has 4 nitrogen and oxygen atoms in total. The monoisotopic (exact) mass is 302 g/mol. The molecule has 0 amide bonds. The zero-order chi connectivity index (χ0) is 12.2. The Labute approximate surface area is 103 Å². The van der Waals surface area contributed by atoms with Crippen LogP contribution in [0.15, 0.2) is 28.7 Å². The van der Waals surface area contributed by atoms with Crippen LogP contribution in [0.1, 0.15) is 13.3 Å². The number of hydrogen-bond donors (Lipinski definition) is 1. The van der Waals surface area contributed by atoms with Gasteiger partial charge in [0.2, 0.25) is 10.0 Å². The number of halogens is 1. The summed E-state index contributed by atoms with van der Waals surface area (Å²) >= 11 is 3.23. The lowest BCUT2D eigenvalue weighted by molar-refractivity contribution is 0.593. The van der Waals surface area contributed by atoms with Crippen LogP contribution >= 0.6 is 15.9 Å². The molecule has 86 valence electrons. The summed E-state index contributed by atoms with van der Waals surface area (Å²) in [6.07, 6.45) is 0.260. The zero-order valence-electron chi connectivity index (χ0n) is 8.64. The van der Waals surface area contributed by atoms with Gasteiger partial charge in [-0.05, 0) is 34.5 Å². The van der Waals surface area contributed by atoms with E-state index >= 15 is 0 Å². The van der Waals surface area contributed by atoms with Gasteiger partial charge < -0.3 is 0 Å². The minimum Gasteiger partial charge on any atom is -0.281 e. The lowest BCUT2D eigenvalue weighted by Crippen LogP contribution is -2.26. The predicted octanol–water partition coefficient (Wildman–Crippen LogP) is 2.49. The Hall–Kier alpha value is -1.06. The van der Waals surface area contributed by atoms with E-state index < -0.39 is 15.3 Å². The van der Waals surface area contributed by atoms with Crippen molar-refractivity contribution in [3.05, 3.63) is 28.7 Å². The van der Waals surface area contributed by atoms with E-state index in [0.29, 0.717) is 10.2 Å². The maximum absolute atomic E-state index is 11.8. The summed E-state index contributed by atoms with van der Waals surface area (Å²) in [6, 6.07) is 8.62. The Morgan fingerprint density at radius 1 is 1.50 bits per heavy atom. The molecule has 1 atom stereocenters. The lowest BCUT2D eigenvalue weighted by Gasteiger charge is -2.12. The molecule has 0 saturated carbocycles. The van der Waals surface area contributed by atoms with Crippen molar-refractivity contribution in [3.63, 3.8) is 0 Å². The highest BCUT2D eigenvalue weighted by Gasteiger charge is 2.23. The van der Waals surface area contributed by atoms with E-state index in [2.05, 4.69) is 20.7 Å². The van der Waals surface area contributed by atoms with Crippen LogP contribution < -0.4 is 4.72 Å². The van der Waals surface area contributed by atoms with Gasteiger partial charge in [-0.25, -0.2) is 8.42 Å². The fourth-order valence-corrected chi connectivity index (χ4v) is 2.87. The second-order valence-electron chi connectivity index (χ2n) is 3.15. The zero-order valence-corrected chi connectivity index (χ0v) is 11.0. The van der Waals surface area contributed by atoms with E-state index in [9.17, 15) is 8.42 Å². The molecule has 1 unspecified atom stereocenters. The number of nitrogens with one attached hydrogen (secondary N) is 1. The quantitative estimate of drug-likeness (QED) is 0.929. The second-order valence-corrected chi connectivity index (χ2v) is 5.87. The number of sulfonamides is 1. The van der Waals surface area contributed by atoms with Crippen molar-refractivity contribution < 1.29 is 8.42 Å². The molecule has 0 aliphatic rings. The van der Waals surface area contributed by atoms with Crippen molar-refractivity contribution in [1.82, 2.24) is 0 Å². The van der Waals surface area contributed by atoms with E-state index in [0.717, 1.165) is 0 Å². The molecule has 0 aromatic heterocycles. The number of nitriles is 1. The average molecular weight is 303 g/mol. The van der Waals surface area contributed by atoms with Gasteiger partial charge in [-0.2, -0.15) is 5.26 Å². The van der Waals surface area contributed by atoms with E-state index in [1.54, 1.807) is 37.3 Å². The van der Waals surface area contributed by atoms with Crippen LogP contribution in [0.2, 0.25) is 0 Å². The molecule has 0 aliphatic carbocycles. The number of nitrogens with zero attached hydrogens (tertiary/aromatic N) is 1. The third-order valence-electron chi connectivity index (χ3n) is 2.02. The van der Waals surface area contributed by atoms with E-state index in [1.165, 1.54) is 0 Å². The molecule has 0 heterocycles. The minimum absolute atomic E-state index is 0.260. The minimum atomic E-state index is -3.64. The summed E-state index contributed by atoms with van der Waals surface area (Å²) < 4.78 is 26.6. The molecular formula is C10H11BrN2O2S.